The molecule has 0 aliphatic heterocycles. The SMILES string of the molecule is COc1ccc(C(=O)Nc2cccc(Cl)c2)cc1OC1CCCC1. The van der Waals surface area contributed by atoms with Crippen LogP contribution in [0.15, 0.2) is 42.5 Å². The largest absolute Gasteiger partial charge is 0.493 e. The van der Waals surface area contributed by atoms with Crippen molar-refractivity contribution in [1.82, 2.24) is 0 Å². The van der Waals surface area contributed by atoms with Crippen molar-refractivity contribution >= 4 is 23.2 Å². The molecule has 3 rings (SSSR count). The van der Waals surface area contributed by atoms with Gasteiger partial charge in [-0.3, -0.25) is 4.79 Å². The van der Waals surface area contributed by atoms with Gasteiger partial charge in [0.15, 0.2) is 11.5 Å². The molecular weight excluding hydrogens is 326 g/mol. The number of hydrogen-bond donors (Lipinski definition) is 1. The monoisotopic (exact) mass is 345 g/mol. The first kappa shape index (κ1) is 16.7. The molecule has 1 amide bonds. The molecule has 0 saturated heterocycles. The topological polar surface area (TPSA) is 47.6 Å². The van der Waals surface area contributed by atoms with Crippen LogP contribution in [0.5, 0.6) is 11.5 Å². The van der Waals surface area contributed by atoms with Crippen LogP contribution in [-0.4, -0.2) is 19.1 Å². The molecular formula is C19H20ClNO3. The Morgan fingerprint density at radius 3 is 2.62 bits per heavy atom. The minimum Gasteiger partial charge on any atom is -0.493 e. The fraction of sp³-hybridized carbons (Fsp3) is 0.316. The number of methoxy groups -OCH3 is 1. The lowest BCUT2D eigenvalue weighted by atomic mass is 10.1. The fourth-order valence-electron chi connectivity index (χ4n) is 2.87. The number of carbonyl (C=O) groups excluding carboxylic acids is 1. The quantitative estimate of drug-likeness (QED) is 0.836. The van der Waals surface area contributed by atoms with Crippen molar-refractivity contribution in [3.05, 3.63) is 53.1 Å². The number of amides is 1. The Labute approximate surface area is 146 Å². The number of anilines is 1. The number of carbonyl (C=O) groups is 1. The van der Waals surface area contributed by atoms with Crippen LogP contribution in [0.2, 0.25) is 5.02 Å². The van der Waals surface area contributed by atoms with Gasteiger partial charge in [-0.2, -0.15) is 0 Å². The molecule has 126 valence electrons. The van der Waals surface area contributed by atoms with Gasteiger partial charge < -0.3 is 14.8 Å². The highest BCUT2D eigenvalue weighted by Crippen LogP contribution is 2.32. The first-order valence-electron chi connectivity index (χ1n) is 8.07. The predicted molar refractivity (Wildman–Crippen MR) is 95.3 cm³/mol. The number of rotatable bonds is 5. The van der Waals surface area contributed by atoms with Crippen molar-refractivity contribution in [2.45, 2.75) is 31.8 Å². The van der Waals surface area contributed by atoms with Gasteiger partial charge in [-0.15, -0.1) is 0 Å². The molecule has 0 spiro atoms. The van der Waals surface area contributed by atoms with E-state index in [0.717, 1.165) is 12.8 Å². The van der Waals surface area contributed by atoms with E-state index in [1.54, 1.807) is 49.6 Å². The second kappa shape index (κ2) is 7.58. The van der Waals surface area contributed by atoms with Gasteiger partial charge in [-0.1, -0.05) is 17.7 Å². The van der Waals surface area contributed by atoms with Crippen molar-refractivity contribution in [3.8, 4) is 11.5 Å². The zero-order valence-corrected chi connectivity index (χ0v) is 14.3. The van der Waals surface area contributed by atoms with Crippen LogP contribution in [0, 0.1) is 0 Å². The smallest absolute Gasteiger partial charge is 0.255 e. The molecule has 1 N–H and O–H groups in total. The van der Waals surface area contributed by atoms with E-state index in [9.17, 15) is 4.79 Å². The maximum atomic E-state index is 12.5. The third kappa shape index (κ3) is 4.01. The highest BCUT2D eigenvalue weighted by atomic mass is 35.5. The van der Waals surface area contributed by atoms with E-state index in [0.29, 0.717) is 27.8 Å². The summed E-state index contributed by atoms with van der Waals surface area (Å²) in [7, 11) is 1.60. The predicted octanol–water partition coefficient (Wildman–Crippen LogP) is 4.92. The highest BCUT2D eigenvalue weighted by molar-refractivity contribution is 6.30. The molecule has 5 heteroatoms. The van der Waals surface area contributed by atoms with Crippen LogP contribution >= 0.6 is 11.6 Å². The van der Waals surface area contributed by atoms with Crippen LogP contribution in [0.1, 0.15) is 36.0 Å². The maximum Gasteiger partial charge on any atom is 0.255 e. The molecule has 2 aromatic rings. The van der Waals surface area contributed by atoms with Gasteiger partial charge in [-0.05, 0) is 62.1 Å². The number of halogens is 1. The molecule has 1 aliphatic rings. The van der Waals surface area contributed by atoms with Crippen molar-refractivity contribution in [1.29, 1.82) is 0 Å². The molecule has 0 heterocycles. The minimum atomic E-state index is -0.212. The van der Waals surface area contributed by atoms with E-state index in [1.165, 1.54) is 12.8 Å². The van der Waals surface area contributed by atoms with E-state index in [4.69, 9.17) is 21.1 Å². The number of nitrogens with one attached hydrogen (secondary N) is 1. The van der Waals surface area contributed by atoms with E-state index < -0.39 is 0 Å². The van der Waals surface area contributed by atoms with Crippen LogP contribution in [0.3, 0.4) is 0 Å². The summed E-state index contributed by atoms with van der Waals surface area (Å²) in [6, 6.07) is 12.3. The molecule has 1 aliphatic carbocycles. The Bertz CT molecular complexity index is 726. The third-order valence-corrected chi connectivity index (χ3v) is 4.34. The molecule has 0 bridgehead atoms. The summed E-state index contributed by atoms with van der Waals surface area (Å²) < 4.78 is 11.4. The van der Waals surface area contributed by atoms with Gasteiger partial charge in [0.2, 0.25) is 0 Å². The summed E-state index contributed by atoms with van der Waals surface area (Å²) >= 11 is 5.95. The molecule has 1 saturated carbocycles. The number of hydrogen-bond acceptors (Lipinski definition) is 3. The summed E-state index contributed by atoms with van der Waals surface area (Å²) in [5.41, 5.74) is 1.17. The second-order valence-electron chi connectivity index (χ2n) is 5.85. The summed E-state index contributed by atoms with van der Waals surface area (Å²) in [5.74, 6) is 1.04. The third-order valence-electron chi connectivity index (χ3n) is 4.10. The Morgan fingerprint density at radius 2 is 1.92 bits per heavy atom. The summed E-state index contributed by atoms with van der Waals surface area (Å²) in [6.45, 7) is 0. The maximum absolute atomic E-state index is 12.5. The van der Waals surface area contributed by atoms with Crippen LogP contribution in [0.4, 0.5) is 5.69 Å². The van der Waals surface area contributed by atoms with Gasteiger partial charge in [0.25, 0.3) is 5.91 Å². The van der Waals surface area contributed by atoms with Gasteiger partial charge in [-0.25, -0.2) is 0 Å². The standard InChI is InChI=1S/C19H20ClNO3/c1-23-17-10-9-13(11-18(17)24-16-7-2-3-8-16)19(22)21-15-6-4-5-14(20)12-15/h4-6,9-12,16H,2-3,7-8H2,1H3,(H,21,22). The Morgan fingerprint density at radius 1 is 1.12 bits per heavy atom. The van der Waals surface area contributed by atoms with Crippen LogP contribution < -0.4 is 14.8 Å². The normalized spacial score (nSPS) is 14.4. The van der Waals surface area contributed by atoms with Gasteiger partial charge in [0, 0.05) is 16.3 Å². The Kier molecular flexibility index (Phi) is 5.26. The molecule has 0 unspecified atom stereocenters. The fourth-order valence-corrected chi connectivity index (χ4v) is 3.06. The average molecular weight is 346 g/mol. The number of benzene rings is 2. The average Bonchev–Trinajstić information content (AvgIpc) is 3.08. The zero-order chi connectivity index (χ0) is 16.9. The van der Waals surface area contributed by atoms with E-state index in [1.807, 2.05) is 0 Å². The molecule has 24 heavy (non-hydrogen) atoms. The lowest BCUT2D eigenvalue weighted by Gasteiger charge is -2.16. The second-order valence-corrected chi connectivity index (χ2v) is 6.29. The molecule has 0 atom stereocenters. The van der Waals surface area contributed by atoms with E-state index >= 15 is 0 Å². The van der Waals surface area contributed by atoms with Gasteiger partial charge in [0.1, 0.15) is 0 Å². The van der Waals surface area contributed by atoms with E-state index in [2.05, 4.69) is 5.32 Å². The Balaban J connectivity index is 1.78. The minimum absolute atomic E-state index is 0.199. The van der Waals surface area contributed by atoms with Crippen LogP contribution in [0.25, 0.3) is 0 Å². The molecule has 0 radical (unpaired) electrons. The summed E-state index contributed by atoms with van der Waals surface area (Å²) in [4.78, 5) is 12.5. The first-order valence-corrected chi connectivity index (χ1v) is 8.45. The number of ether oxygens (including phenoxy) is 2. The molecule has 4 nitrogen and oxygen atoms in total. The van der Waals surface area contributed by atoms with E-state index in [-0.39, 0.29) is 12.0 Å². The molecule has 0 aromatic heterocycles. The molecule has 1 fully saturated rings. The molecule has 2 aromatic carbocycles. The van der Waals surface area contributed by atoms with Crippen molar-refractivity contribution in [3.63, 3.8) is 0 Å². The van der Waals surface area contributed by atoms with Crippen molar-refractivity contribution in [2.75, 3.05) is 12.4 Å². The lowest BCUT2D eigenvalue weighted by Crippen LogP contribution is -2.14. The Hall–Kier alpha value is -2.20. The van der Waals surface area contributed by atoms with Crippen molar-refractivity contribution in [2.24, 2.45) is 0 Å². The van der Waals surface area contributed by atoms with Crippen LogP contribution in [-0.2, 0) is 0 Å². The highest BCUT2D eigenvalue weighted by Gasteiger charge is 2.19. The summed E-state index contributed by atoms with van der Waals surface area (Å²) in [5, 5.41) is 3.41. The zero-order valence-electron chi connectivity index (χ0n) is 13.5. The van der Waals surface area contributed by atoms with Gasteiger partial charge >= 0.3 is 0 Å². The summed E-state index contributed by atoms with van der Waals surface area (Å²) in [6.07, 6.45) is 4.65. The first-order chi connectivity index (χ1) is 11.7. The lowest BCUT2D eigenvalue weighted by molar-refractivity contribution is 0.102. The van der Waals surface area contributed by atoms with Crippen molar-refractivity contribution < 1.29 is 14.3 Å². The van der Waals surface area contributed by atoms with Gasteiger partial charge in [0.05, 0.1) is 13.2 Å².